The third-order valence-corrected chi connectivity index (χ3v) is 4.82. The lowest BCUT2D eigenvalue weighted by atomic mass is 10.2. The molecular weight excluding hydrogens is 477 g/mol. The molecule has 1 aromatic heterocycles. The summed E-state index contributed by atoms with van der Waals surface area (Å²) in [6.07, 6.45) is -1.92. The van der Waals surface area contributed by atoms with Gasteiger partial charge in [0.1, 0.15) is 6.33 Å². The first-order valence-corrected chi connectivity index (χ1v) is 10.4. The third-order valence-electron chi connectivity index (χ3n) is 4.82. The van der Waals surface area contributed by atoms with Crippen LogP contribution in [0, 0.1) is 0 Å². The second kappa shape index (κ2) is 10.6. The average Bonchev–Trinajstić information content (AvgIpc) is 3.43. The summed E-state index contributed by atoms with van der Waals surface area (Å²) in [5.74, 6) is -1.65. The van der Waals surface area contributed by atoms with E-state index in [1.54, 1.807) is 42.5 Å². The number of hydrazone groups is 1. The molecular formula is C24H17F3N6O3. The number of amides is 1. The van der Waals surface area contributed by atoms with Crippen LogP contribution in [0.1, 0.15) is 21.5 Å². The van der Waals surface area contributed by atoms with Crippen LogP contribution in [0.25, 0.3) is 5.69 Å². The number of benzene rings is 3. The van der Waals surface area contributed by atoms with Gasteiger partial charge >= 0.3 is 12.1 Å². The molecule has 0 spiro atoms. The van der Waals surface area contributed by atoms with Gasteiger partial charge in [-0.05, 0) is 58.5 Å². The summed E-state index contributed by atoms with van der Waals surface area (Å²) in [4.78, 5) is 25.3. The van der Waals surface area contributed by atoms with Gasteiger partial charge in [-0.15, -0.1) is 5.10 Å². The van der Waals surface area contributed by atoms with Crippen molar-refractivity contribution in [3.63, 3.8) is 0 Å². The van der Waals surface area contributed by atoms with Crippen molar-refractivity contribution in [2.24, 2.45) is 5.10 Å². The molecule has 3 aromatic carbocycles. The fraction of sp³-hybridized carbons (Fsp3) is 0.0833. The number of halogens is 3. The van der Waals surface area contributed by atoms with Crippen LogP contribution in [0.2, 0.25) is 0 Å². The Kier molecular flexibility index (Phi) is 7.14. The van der Waals surface area contributed by atoms with Crippen LogP contribution in [0.5, 0.6) is 0 Å². The summed E-state index contributed by atoms with van der Waals surface area (Å²) in [7, 11) is 0. The quantitative estimate of drug-likeness (QED) is 0.219. The topological polar surface area (TPSA) is 103 Å². The smallest absolute Gasteiger partial charge is 0.416 e. The van der Waals surface area contributed by atoms with Crippen molar-refractivity contribution < 1.29 is 27.5 Å². The lowest BCUT2D eigenvalue weighted by molar-refractivity contribution is -0.137. The van der Waals surface area contributed by atoms with E-state index in [1.807, 2.05) is 0 Å². The van der Waals surface area contributed by atoms with Crippen LogP contribution in [0.4, 0.5) is 18.9 Å². The Morgan fingerprint density at radius 3 is 2.42 bits per heavy atom. The summed E-state index contributed by atoms with van der Waals surface area (Å²) in [6, 6.07) is 18.9. The fourth-order valence-corrected chi connectivity index (χ4v) is 3.05. The number of tetrazole rings is 1. The minimum Gasteiger partial charge on any atom is -0.452 e. The number of aromatic nitrogens is 4. The molecule has 12 heteroatoms. The molecule has 1 amide bonds. The molecule has 0 unspecified atom stereocenters. The zero-order valence-electron chi connectivity index (χ0n) is 18.4. The van der Waals surface area contributed by atoms with Gasteiger partial charge in [-0.3, -0.25) is 4.79 Å². The Labute approximate surface area is 202 Å². The van der Waals surface area contributed by atoms with E-state index in [2.05, 4.69) is 20.6 Å². The van der Waals surface area contributed by atoms with Crippen LogP contribution in [-0.2, 0) is 15.7 Å². The van der Waals surface area contributed by atoms with E-state index in [9.17, 15) is 22.8 Å². The number of ether oxygens (including phenoxy) is 1. The van der Waals surface area contributed by atoms with Gasteiger partial charge < -0.3 is 4.74 Å². The van der Waals surface area contributed by atoms with Crippen molar-refractivity contribution in [2.45, 2.75) is 6.18 Å². The molecule has 0 fully saturated rings. The molecule has 0 aliphatic rings. The number of esters is 1. The van der Waals surface area contributed by atoms with Crippen molar-refractivity contribution >= 4 is 23.8 Å². The number of carbonyl (C=O) groups is 2. The zero-order valence-corrected chi connectivity index (χ0v) is 18.4. The summed E-state index contributed by atoms with van der Waals surface area (Å²) >= 11 is 0. The number of rotatable bonds is 7. The SMILES string of the molecule is O=C(OCC(=O)N(/N=C\c1ccccc1)c1cccc(C(F)(F)F)c1)c1ccc(-n2cnnn2)cc1. The van der Waals surface area contributed by atoms with Gasteiger partial charge in [0.15, 0.2) is 6.61 Å². The number of hydrogen-bond acceptors (Lipinski definition) is 7. The van der Waals surface area contributed by atoms with Crippen LogP contribution in [0.3, 0.4) is 0 Å². The number of carbonyl (C=O) groups excluding carboxylic acids is 2. The van der Waals surface area contributed by atoms with Crippen molar-refractivity contribution in [2.75, 3.05) is 11.6 Å². The highest BCUT2D eigenvalue weighted by atomic mass is 19.4. The normalized spacial score (nSPS) is 11.4. The Morgan fingerprint density at radius 2 is 1.75 bits per heavy atom. The maximum atomic E-state index is 13.2. The maximum absolute atomic E-state index is 13.2. The van der Waals surface area contributed by atoms with Crippen LogP contribution in [0.15, 0.2) is 90.3 Å². The maximum Gasteiger partial charge on any atom is 0.416 e. The van der Waals surface area contributed by atoms with Gasteiger partial charge in [0.25, 0.3) is 5.91 Å². The highest BCUT2D eigenvalue weighted by Gasteiger charge is 2.31. The molecule has 36 heavy (non-hydrogen) atoms. The van der Waals surface area contributed by atoms with Crippen molar-refractivity contribution in [3.8, 4) is 5.69 Å². The highest BCUT2D eigenvalue weighted by molar-refractivity contribution is 5.98. The highest BCUT2D eigenvalue weighted by Crippen LogP contribution is 2.31. The predicted octanol–water partition coefficient (Wildman–Crippen LogP) is 3.91. The van der Waals surface area contributed by atoms with E-state index < -0.39 is 30.2 Å². The zero-order chi connectivity index (χ0) is 25.5. The Hall–Kier alpha value is -4.87. The first-order chi connectivity index (χ1) is 17.3. The second-order valence-corrected chi connectivity index (χ2v) is 7.29. The van der Waals surface area contributed by atoms with E-state index in [0.29, 0.717) is 11.3 Å². The first kappa shape index (κ1) is 24.3. The molecule has 0 aliphatic carbocycles. The Morgan fingerprint density at radius 1 is 1.00 bits per heavy atom. The summed E-state index contributed by atoms with van der Waals surface area (Å²) < 4.78 is 46.1. The van der Waals surface area contributed by atoms with Crippen LogP contribution < -0.4 is 5.01 Å². The van der Waals surface area contributed by atoms with Gasteiger partial charge in [-0.25, -0.2) is 9.48 Å². The van der Waals surface area contributed by atoms with E-state index in [0.717, 1.165) is 23.2 Å². The molecule has 4 aromatic rings. The second-order valence-electron chi connectivity index (χ2n) is 7.29. The average molecular weight is 494 g/mol. The number of alkyl halides is 3. The predicted molar refractivity (Wildman–Crippen MR) is 122 cm³/mol. The number of nitrogens with zero attached hydrogens (tertiary/aromatic N) is 6. The Bertz CT molecular complexity index is 1360. The Balaban J connectivity index is 1.51. The van der Waals surface area contributed by atoms with Crippen molar-refractivity contribution in [3.05, 3.63) is 102 Å². The molecule has 0 radical (unpaired) electrons. The minimum atomic E-state index is -4.62. The van der Waals surface area contributed by atoms with Crippen molar-refractivity contribution in [1.82, 2.24) is 20.2 Å². The summed E-state index contributed by atoms with van der Waals surface area (Å²) in [5.41, 5.74) is 0.273. The van der Waals surface area contributed by atoms with E-state index >= 15 is 0 Å². The standard InChI is InChI=1S/C24H17F3N6O3/c25-24(26,27)19-7-4-8-21(13-19)33(29-14-17-5-2-1-3-6-17)22(34)15-36-23(35)18-9-11-20(12-10-18)32-16-28-30-31-32/h1-14,16H,15H2/b29-14-. The molecule has 4 rings (SSSR count). The first-order valence-electron chi connectivity index (χ1n) is 10.4. The van der Waals surface area contributed by atoms with Gasteiger partial charge in [-0.1, -0.05) is 36.4 Å². The minimum absolute atomic E-state index is 0.135. The molecule has 0 saturated carbocycles. The van der Waals surface area contributed by atoms with Crippen LogP contribution in [-0.4, -0.2) is 44.9 Å². The van der Waals surface area contributed by atoms with Gasteiger partial charge in [0, 0.05) is 0 Å². The monoisotopic (exact) mass is 494 g/mol. The summed E-state index contributed by atoms with van der Waals surface area (Å²) in [6.45, 7) is -0.754. The molecule has 182 valence electrons. The molecule has 0 N–H and O–H groups in total. The lowest BCUT2D eigenvalue weighted by Gasteiger charge is -2.18. The van der Waals surface area contributed by atoms with Gasteiger partial charge in [0.05, 0.1) is 28.7 Å². The summed E-state index contributed by atoms with van der Waals surface area (Å²) in [5, 5.41) is 15.6. The molecule has 9 nitrogen and oxygen atoms in total. The van der Waals surface area contributed by atoms with E-state index in [4.69, 9.17) is 4.74 Å². The molecule has 0 atom stereocenters. The molecule has 0 bridgehead atoms. The largest absolute Gasteiger partial charge is 0.452 e. The van der Waals surface area contributed by atoms with Gasteiger partial charge in [-0.2, -0.15) is 23.3 Å². The van der Waals surface area contributed by atoms with Crippen LogP contribution >= 0.6 is 0 Å². The van der Waals surface area contributed by atoms with Crippen molar-refractivity contribution in [1.29, 1.82) is 0 Å². The molecule has 0 aliphatic heterocycles. The van der Waals surface area contributed by atoms with E-state index in [-0.39, 0.29) is 11.3 Å². The fourth-order valence-electron chi connectivity index (χ4n) is 3.05. The molecule has 1 heterocycles. The number of hydrogen-bond donors (Lipinski definition) is 0. The van der Waals surface area contributed by atoms with E-state index in [1.165, 1.54) is 35.4 Å². The lowest BCUT2D eigenvalue weighted by Crippen LogP contribution is -2.31. The number of anilines is 1. The molecule has 0 saturated heterocycles. The van der Waals surface area contributed by atoms with Gasteiger partial charge in [0.2, 0.25) is 0 Å². The third kappa shape index (κ3) is 5.97.